The predicted molar refractivity (Wildman–Crippen MR) is 81.0 cm³/mol. The van der Waals surface area contributed by atoms with Gasteiger partial charge < -0.3 is 10.8 Å². The fourth-order valence-corrected chi connectivity index (χ4v) is 2.85. The van der Waals surface area contributed by atoms with Crippen molar-refractivity contribution in [3.05, 3.63) is 35.4 Å². The number of nitrogens with two attached hydrogens (primary N) is 1. The molecular weight excluding hydrogens is 242 g/mol. The van der Waals surface area contributed by atoms with E-state index < -0.39 is 0 Å². The Morgan fingerprint density at radius 1 is 1.28 bits per heavy atom. The molecule has 18 heavy (non-hydrogen) atoms. The van der Waals surface area contributed by atoms with E-state index in [-0.39, 0.29) is 12.6 Å². The summed E-state index contributed by atoms with van der Waals surface area (Å²) >= 11 is 1.83. The van der Waals surface area contributed by atoms with Crippen LogP contribution in [-0.2, 0) is 6.42 Å². The standard InChI is InChI=1S/C15H25NOS/c1-3-4-13-5-7-14(8-6-13)15(16)11-18-12(2)9-10-17/h5-8,12,15,17H,3-4,9-11,16H2,1-2H3. The Bertz CT molecular complexity index is 326. The number of hydrogen-bond acceptors (Lipinski definition) is 3. The van der Waals surface area contributed by atoms with Gasteiger partial charge >= 0.3 is 0 Å². The zero-order chi connectivity index (χ0) is 13.4. The van der Waals surface area contributed by atoms with Crippen LogP contribution in [0, 0.1) is 0 Å². The molecule has 0 fully saturated rings. The summed E-state index contributed by atoms with van der Waals surface area (Å²) < 4.78 is 0. The number of hydrogen-bond donors (Lipinski definition) is 2. The molecule has 3 N–H and O–H groups in total. The van der Waals surface area contributed by atoms with Crippen molar-refractivity contribution in [2.75, 3.05) is 12.4 Å². The molecule has 0 aliphatic carbocycles. The minimum absolute atomic E-state index is 0.0896. The highest BCUT2D eigenvalue weighted by molar-refractivity contribution is 7.99. The first kappa shape index (κ1) is 15.5. The number of thioether (sulfide) groups is 1. The summed E-state index contributed by atoms with van der Waals surface area (Å²) in [5.41, 5.74) is 8.77. The number of aliphatic hydroxyl groups is 1. The van der Waals surface area contributed by atoms with Crippen LogP contribution in [-0.4, -0.2) is 22.7 Å². The van der Waals surface area contributed by atoms with Gasteiger partial charge in [-0.3, -0.25) is 0 Å². The van der Waals surface area contributed by atoms with Gasteiger partial charge in [-0.05, 0) is 24.0 Å². The van der Waals surface area contributed by atoms with Gasteiger partial charge in [-0.1, -0.05) is 44.5 Å². The van der Waals surface area contributed by atoms with E-state index in [1.165, 1.54) is 17.5 Å². The number of rotatable bonds is 8. The van der Waals surface area contributed by atoms with Gasteiger partial charge in [0.15, 0.2) is 0 Å². The molecule has 0 aromatic heterocycles. The second-order valence-corrected chi connectivity index (χ2v) is 6.23. The molecule has 0 amide bonds. The summed E-state index contributed by atoms with van der Waals surface area (Å²) in [5.74, 6) is 0.911. The molecule has 102 valence electrons. The second-order valence-electron chi connectivity index (χ2n) is 4.75. The van der Waals surface area contributed by atoms with Crippen molar-refractivity contribution in [2.45, 2.75) is 44.4 Å². The molecule has 0 radical (unpaired) electrons. The SMILES string of the molecule is CCCc1ccc(C(N)CSC(C)CCO)cc1. The van der Waals surface area contributed by atoms with Crippen molar-refractivity contribution in [1.29, 1.82) is 0 Å². The van der Waals surface area contributed by atoms with E-state index in [9.17, 15) is 0 Å². The van der Waals surface area contributed by atoms with Gasteiger partial charge in [-0.25, -0.2) is 0 Å². The molecular formula is C15H25NOS. The summed E-state index contributed by atoms with van der Waals surface area (Å²) in [6, 6.07) is 8.74. The van der Waals surface area contributed by atoms with Crippen molar-refractivity contribution < 1.29 is 5.11 Å². The maximum atomic E-state index is 8.86. The molecule has 1 aromatic carbocycles. The summed E-state index contributed by atoms with van der Waals surface area (Å²) in [6.45, 7) is 4.59. The number of benzene rings is 1. The minimum Gasteiger partial charge on any atom is -0.396 e. The lowest BCUT2D eigenvalue weighted by atomic mass is 10.0. The first-order valence-electron chi connectivity index (χ1n) is 6.74. The molecule has 1 rings (SSSR count). The third-order valence-corrected chi connectivity index (χ3v) is 4.40. The molecule has 0 saturated heterocycles. The van der Waals surface area contributed by atoms with Gasteiger partial charge in [0.1, 0.15) is 0 Å². The summed E-state index contributed by atoms with van der Waals surface area (Å²) in [7, 11) is 0. The van der Waals surface area contributed by atoms with Crippen LogP contribution in [0.4, 0.5) is 0 Å². The van der Waals surface area contributed by atoms with E-state index in [4.69, 9.17) is 10.8 Å². The molecule has 0 aliphatic heterocycles. The highest BCUT2D eigenvalue weighted by Gasteiger charge is 2.09. The first-order valence-corrected chi connectivity index (χ1v) is 7.79. The summed E-state index contributed by atoms with van der Waals surface area (Å²) in [5, 5.41) is 9.33. The van der Waals surface area contributed by atoms with Crippen molar-refractivity contribution in [1.82, 2.24) is 0 Å². The van der Waals surface area contributed by atoms with E-state index in [2.05, 4.69) is 38.1 Å². The van der Waals surface area contributed by atoms with E-state index in [0.717, 1.165) is 18.6 Å². The third-order valence-electron chi connectivity index (χ3n) is 3.04. The second kappa shape index (κ2) is 8.57. The van der Waals surface area contributed by atoms with Gasteiger partial charge in [-0.15, -0.1) is 0 Å². The smallest absolute Gasteiger partial charge is 0.0441 e. The minimum atomic E-state index is 0.0896. The zero-order valence-corrected chi connectivity index (χ0v) is 12.2. The van der Waals surface area contributed by atoms with Crippen LogP contribution in [0.3, 0.4) is 0 Å². The average Bonchev–Trinajstić information content (AvgIpc) is 2.37. The number of aryl methyl sites for hydroxylation is 1. The van der Waals surface area contributed by atoms with Gasteiger partial charge in [0, 0.05) is 23.7 Å². The van der Waals surface area contributed by atoms with Crippen LogP contribution >= 0.6 is 11.8 Å². The molecule has 1 aromatic rings. The molecule has 0 saturated carbocycles. The largest absolute Gasteiger partial charge is 0.396 e. The Morgan fingerprint density at radius 3 is 2.50 bits per heavy atom. The molecule has 0 bridgehead atoms. The number of aliphatic hydroxyl groups excluding tert-OH is 1. The Balaban J connectivity index is 2.43. The normalized spacial score (nSPS) is 14.4. The average molecular weight is 267 g/mol. The van der Waals surface area contributed by atoms with Gasteiger partial charge in [0.25, 0.3) is 0 Å². The molecule has 0 aliphatic rings. The molecule has 2 unspecified atom stereocenters. The van der Waals surface area contributed by atoms with E-state index in [0.29, 0.717) is 5.25 Å². The van der Waals surface area contributed by atoms with E-state index in [1.807, 2.05) is 11.8 Å². The van der Waals surface area contributed by atoms with Crippen LogP contribution in [0.15, 0.2) is 24.3 Å². The fraction of sp³-hybridized carbons (Fsp3) is 0.600. The van der Waals surface area contributed by atoms with Crippen molar-refractivity contribution in [3.8, 4) is 0 Å². The van der Waals surface area contributed by atoms with Crippen molar-refractivity contribution in [3.63, 3.8) is 0 Å². The highest BCUT2D eigenvalue weighted by atomic mass is 32.2. The van der Waals surface area contributed by atoms with Crippen LogP contribution in [0.25, 0.3) is 0 Å². The van der Waals surface area contributed by atoms with Crippen LogP contribution in [0.5, 0.6) is 0 Å². The van der Waals surface area contributed by atoms with Crippen molar-refractivity contribution >= 4 is 11.8 Å². The zero-order valence-electron chi connectivity index (χ0n) is 11.4. The molecule has 3 heteroatoms. The van der Waals surface area contributed by atoms with Crippen LogP contribution in [0.2, 0.25) is 0 Å². The lowest BCUT2D eigenvalue weighted by Gasteiger charge is -2.15. The van der Waals surface area contributed by atoms with Crippen molar-refractivity contribution in [2.24, 2.45) is 5.73 Å². The maximum absolute atomic E-state index is 8.86. The third kappa shape index (κ3) is 5.42. The molecule has 2 nitrogen and oxygen atoms in total. The lowest BCUT2D eigenvalue weighted by Crippen LogP contribution is -2.15. The Labute approximate surface area is 115 Å². The summed E-state index contributed by atoms with van der Waals surface area (Å²) in [4.78, 5) is 0. The predicted octanol–water partition coefficient (Wildman–Crippen LogP) is 3.14. The Hall–Kier alpha value is -0.510. The molecule has 0 heterocycles. The summed E-state index contributed by atoms with van der Waals surface area (Å²) in [6.07, 6.45) is 3.16. The van der Waals surface area contributed by atoms with Crippen LogP contribution < -0.4 is 5.73 Å². The van der Waals surface area contributed by atoms with E-state index in [1.54, 1.807) is 0 Å². The monoisotopic (exact) mass is 267 g/mol. The molecule has 2 atom stereocenters. The van der Waals surface area contributed by atoms with Gasteiger partial charge in [0.05, 0.1) is 0 Å². The topological polar surface area (TPSA) is 46.2 Å². The Morgan fingerprint density at radius 2 is 1.94 bits per heavy atom. The first-order chi connectivity index (χ1) is 8.67. The van der Waals surface area contributed by atoms with Crippen LogP contribution in [0.1, 0.15) is 43.9 Å². The highest BCUT2D eigenvalue weighted by Crippen LogP contribution is 2.21. The fourth-order valence-electron chi connectivity index (χ4n) is 1.85. The van der Waals surface area contributed by atoms with Gasteiger partial charge in [-0.2, -0.15) is 11.8 Å². The Kier molecular flexibility index (Phi) is 7.40. The molecule has 0 spiro atoms. The van der Waals surface area contributed by atoms with E-state index >= 15 is 0 Å². The van der Waals surface area contributed by atoms with Gasteiger partial charge in [0.2, 0.25) is 0 Å². The quantitative estimate of drug-likeness (QED) is 0.760. The maximum Gasteiger partial charge on any atom is 0.0441 e. The lowest BCUT2D eigenvalue weighted by molar-refractivity contribution is 0.289.